The predicted molar refractivity (Wildman–Crippen MR) is 71.2 cm³/mol. The number of hydrogen-bond donors (Lipinski definition) is 1. The van der Waals surface area contributed by atoms with Crippen LogP contribution in [0.15, 0.2) is 24.3 Å². The van der Waals surface area contributed by atoms with Gasteiger partial charge in [-0.05, 0) is 17.5 Å². The highest BCUT2D eigenvalue weighted by molar-refractivity contribution is 6.64. The third-order valence-electron chi connectivity index (χ3n) is 3.48. The lowest BCUT2D eigenvalue weighted by Crippen LogP contribution is -2.51. The van der Waals surface area contributed by atoms with Crippen molar-refractivity contribution in [2.24, 2.45) is 0 Å². The van der Waals surface area contributed by atoms with Gasteiger partial charge in [-0.1, -0.05) is 24.3 Å². The van der Waals surface area contributed by atoms with E-state index in [0.717, 1.165) is 17.3 Å². The van der Waals surface area contributed by atoms with Crippen LogP contribution in [0.25, 0.3) is 0 Å². The maximum atomic E-state index is 10.7. The van der Waals surface area contributed by atoms with E-state index in [1.165, 1.54) is 0 Å². The van der Waals surface area contributed by atoms with Crippen molar-refractivity contribution in [1.29, 1.82) is 0 Å². The van der Waals surface area contributed by atoms with Crippen molar-refractivity contribution in [3.05, 3.63) is 45.5 Å². The summed E-state index contributed by atoms with van der Waals surface area (Å²) in [4.78, 5) is 22.5. The number of nitro groups is 1. The summed E-state index contributed by atoms with van der Waals surface area (Å²) in [6, 6.07) is 7.38. The van der Waals surface area contributed by atoms with E-state index in [1.807, 2.05) is 24.3 Å². The fourth-order valence-electron chi connectivity index (χ4n) is 2.55. The second-order valence-corrected chi connectivity index (χ2v) is 4.72. The number of fused-ring (bicyclic) bond motifs is 1. The molecule has 0 radical (unpaired) electrons. The zero-order chi connectivity index (χ0) is 13.8. The van der Waals surface area contributed by atoms with Crippen LogP contribution in [0.2, 0.25) is 0 Å². The van der Waals surface area contributed by atoms with Gasteiger partial charge < -0.3 is 14.7 Å². The summed E-state index contributed by atoms with van der Waals surface area (Å²) in [6.07, 6.45) is 0.224. The minimum Gasteiger partial charge on any atom is -0.385 e. The molecule has 0 unspecified atom stereocenters. The number of nitrogens with zero attached hydrogens (tertiary/aromatic N) is 2. The fraction of sp³-hybridized carbons (Fsp3) is 0.417. The molecule has 100 valence electrons. The van der Waals surface area contributed by atoms with E-state index in [9.17, 15) is 20.0 Å². The smallest absolute Gasteiger partial charge is 0.281 e. The highest BCUT2D eigenvalue weighted by Gasteiger charge is 2.33. The van der Waals surface area contributed by atoms with E-state index < -0.39 is 17.6 Å². The monoisotopic (exact) mass is 262 g/mol. The number of hydrogen-bond acceptors (Lipinski definition) is 5. The van der Waals surface area contributed by atoms with E-state index in [-0.39, 0.29) is 13.5 Å². The van der Waals surface area contributed by atoms with Crippen molar-refractivity contribution in [3.63, 3.8) is 0 Å². The second kappa shape index (κ2) is 5.94. The molecule has 0 bridgehead atoms. The summed E-state index contributed by atoms with van der Waals surface area (Å²) in [5.41, 5.74) is 2.19. The van der Waals surface area contributed by atoms with Gasteiger partial charge in [0.05, 0.1) is 6.19 Å². The van der Waals surface area contributed by atoms with Crippen molar-refractivity contribution in [2.45, 2.75) is 25.1 Å². The van der Waals surface area contributed by atoms with Crippen molar-refractivity contribution in [2.75, 3.05) is 6.54 Å². The van der Waals surface area contributed by atoms with Gasteiger partial charge in [-0.3, -0.25) is 10.1 Å². The quantitative estimate of drug-likeness (QED) is 0.337. The Balaban J connectivity index is 2.20. The average molecular weight is 262 g/mol. The van der Waals surface area contributed by atoms with E-state index in [1.54, 1.807) is 4.81 Å². The Bertz CT molecular complexity index is 483. The molecule has 1 N–H and O–H groups in total. The summed E-state index contributed by atoms with van der Waals surface area (Å²) in [5.74, 6) is 0. The van der Waals surface area contributed by atoms with Crippen LogP contribution in [0, 0.1) is 10.1 Å². The Labute approximate surface area is 111 Å². The number of rotatable bonds is 5. The summed E-state index contributed by atoms with van der Waals surface area (Å²) < 4.78 is 0. The molecule has 2 rings (SSSR count). The molecule has 6 nitrogen and oxygen atoms in total. The molecule has 1 heterocycles. The third-order valence-corrected chi connectivity index (χ3v) is 3.48. The van der Waals surface area contributed by atoms with Crippen molar-refractivity contribution >= 4 is 13.6 Å². The molecule has 2 atom stereocenters. The van der Waals surface area contributed by atoms with Crippen molar-refractivity contribution in [1.82, 2.24) is 4.81 Å². The largest absolute Gasteiger partial charge is 0.385 e. The first-order valence-corrected chi connectivity index (χ1v) is 6.16. The lowest BCUT2D eigenvalue weighted by Gasteiger charge is -2.37. The summed E-state index contributed by atoms with van der Waals surface area (Å²) in [6.45, 7) is 0.0382. The molecule has 19 heavy (non-hydrogen) atoms. The van der Waals surface area contributed by atoms with E-state index >= 15 is 0 Å². The lowest BCUT2D eigenvalue weighted by atomic mass is 9.82. The molecule has 0 spiro atoms. The van der Waals surface area contributed by atoms with E-state index in [0.29, 0.717) is 13.0 Å². The molecule has 1 aromatic rings. The molecule has 0 saturated carbocycles. The predicted octanol–water partition coefficient (Wildman–Crippen LogP) is -0.407. The number of aliphatic hydroxyl groups is 1. The van der Waals surface area contributed by atoms with Crippen LogP contribution in [0.3, 0.4) is 0 Å². The molecule has 1 aromatic carbocycles. The van der Waals surface area contributed by atoms with E-state index in [2.05, 4.69) is 0 Å². The maximum Gasteiger partial charge on any atom is 0.281 e. The Kier molecular flexibility index (Phi) is 4.29. The van der Waals surface area contributed by atoms with Crippen LogP contribution in [-0.2, 0) is 17.8 Å². The van der Waals surface area contributed by atoms with Gasteiger partial charge in [-0.15, -0.1) is 0 Å². The van der Waals surface area contributed by atoms with Gasteiger partial charge in [0, 0.05) is 17.5 Å². The number of aliphatic hydroxyl groups excluding tert-OH is 1. The molecule has 0 aromatic heterocycles. The van der Waals surface area contributed by atoms with Gasteiger partial charge in [0.1, 0.15) is 6.10 Å². The summed E-state index contributed by atoms with van der Waals surface area (Å²) in [7, 11) is 0.174. The molecule has 0 fully saturated rings. The first kappa shape index (κ1) is 13.7. The zero-order valence-corrected chi connectivity index (χ0v) is 10.4. The molecular weight excluding hydrogens is 247 g/mol. The molecule has 1 aliphatic heterocycles. The standard InChI is InChI=1S/C12H15BN2O4/c16-8-13-14-6-10-4-2-1-3-9(10)5-11(14)12(17)7-15(18)19/h1-4,8,11-13,17H,5-7H2/t11-,12+/m1/s1. The minimum absolute atomic E-state index is 0.174. The Morgan fingerprint density at radius 3 is 2.84 bits per heavy atom. The Morgan fingerprint density at radius 2 is 2.21 bits per heavy atom. The van der Waals surface area contributed by atoms with Gasteiger partial charge in [0.15, 0.2) is 0 Å². The van der Waals surface area contributed by atoms with Crippen LogP contribution < -0.4 is 0 Å². The Hall–Kier alpha value is -1.73. The molecule has 0 aliphatic carbocycles. The number of carbonyl (C=O) groups is 1. The van der Waals surface area contributed by atoms with Crippen molar-refractivity contribution in [3.8, 4) is 0 Å². The summed E-state index contributed by atoms with van der Waals surface area (Å²) in [5, 5.41) is 20.5. The lowest BCUT2D eigenvalue weighted by molar-refractivity contribution is -0.491. The molecule has 7 heteroatoms. The molecule has 0 amide bonds. The first-order valence-electron chi connectivity index (χ1n) is 6.16. The Morgan fingerprint density at radius 1 is 1.53 bits per heavy atom. The molecule has 1 aliphatic rings. The maximum absolute atomic E-state index is 10.7. The highest BCUT2D eigenvalue weighted by atomic mass is 16.6. The van der Waals surface area contributed by atoms with E-state index in [4.69, 9.17) is 0 Å². The van der Waals surface area contributed by atoms with Crippen LogP contribution in [0.1, 0.15) is 11.1 Å². The highest BCUT2D eigenvalue weighted by Crippen LogP contribution is 2.24. The number of carbonyl (C=O) groups excluding carboxylic acids is 1. The minimum atomic E-state index is -1.07. The van der Waals surface area contributed by atoms with Crippen LogP contribution >= 0.6 is 0 Å². The van der Waals surface area contributed by atoms with Crippen LogP contribution in [0.5, 0.6) is 0 Å². The topological polar surface area (TPSA) is 83.7 Å². The van der Waals surface area contributed by atoms with Gasteiger partial charge in [-0.2, -0.15) is 0 Å². The van der Waals surface area contributed by atoms with Gasteiger partial charge in [0.2, 0.25) is 6.54 Å². The zero-order valence-electron chi connectivity index (χ0n) is 10.4. The normalized spacial score (nSPS) is 20.4. The van der Waals surface area contributed by atoms with Crippen LogP contribution in [-0.4, -0.2) is 47.1 Å². The second-order valence-electron chi connectivity index (χ2n) is 4.72. The molecule has 0 saturated heterocycles. The fourth-order valence-corrected chi connectivity index (χ4v) is 2.55. The number of benzene rings is 1. The van der Waals surface area contributed by atoms with Gasteiger partial charge >= 0.3 is 0 Å². The summed E-state index contributed by atoms with van der Waals surface area (Å²) >= 11 is 0. The van der Waals surface area contributed by atoms with Crippen LogP contribution in [0.4, 0.5) is 0 Å². The van der Waals surface area contributed by atoms with Gasteiger partial charge in [-0.25, -0.2) is 0 Å². The molecular formula is C12H15BN2O4. The third kappa shape index (κ3) is 3.18. The SMILES string of the molecule is O=CBN1Cc2ccccc2C[C@@H]1[C@@H](O)C[N+](=O)[O-]. The van der Waals surface area contributed by atoms with Crippen molar-refractivity contribution < 1.29 is 14.8 Å². The average Bonchev–Trinajstić information content (AvgIpc) is 2.37. The first-order chi connectivity index (χ1) is 9.11. The van der Waals surface area contributed by atoms with Gasteiger partial charge in [0.25, 0.3) is 7.41 Å².